The molecule has 2 N–H and O–H groups in total. The first-order valence-electron chi connectivity index (χ1n) is 14.1. The van der Waals surface area contributed by atoms with E-state index in [-0.39, 0.29) is 11.8 Å². The molecular weight excluding hydrogens is 550 g/mol. The topological polar surface area (TPSA) is 70.4 Å². The smallest absolute Gasteiger partial charge is 0.303 e. The summed E-state index contributed by atoms with van der Waals surface area (Å²) in [5.41, 5.74) is 4.44. The van der Waals surface area contributed by atoms with Crippen LogP contribution in [0, 0.1) is 5.41 Å². The van der Waals surface area contributed by atoms with E-state index in [0.29, 0.717) is 5.02 Å². The van der Waals surface area contributed by atoms with Gasteiger partial charge in [0.2, 0.25) is 0 Å². The molecule has 1 aliphatic carbocycles. The van der Waals surface area contributed by atoms with Crippen molar-refractivity contribution in [3.05, 3.63) is 112 Å². The van der Waals surface area contributed by atoms with Crippen LogP contribution in [0.3, 0.4) is 0 Å². The van der Waals surface area contributed by atoms with Crippen molar-refractivity contribution in [2.24, 2.45) is 5.41 Å². The number of rotatable bonds is 11. The largest absolute Gasteiger partial charge is 0.481 e. The Balaban J connectivity index is 1.42. The van der Waals surface area contributed by atoms with Gasteiger partial charge in [-0.15, -0.1) is 0 Å². The van der Waals surface area contributed by atoms with Crippen LogP contribution in [0.15, 0.2) is 78.9 Å². The molecule has 1 aliphatic rings. The highest BCUT2D eigenvalue weighted by atomic mass is 35.5. The first-order valence-corrected chi connectivity index (χ1v) is 14.9. The quantitative estimate of drug-likeness (QED) is 0.154. The Bertz CT molecular complexity index is 1600. The average Bonchev–Trinajstić information content (AvgIpc) is 3.72. The van der Waals surface area contributed by atoms with Crippen LogP contribution in [0.25, 0.3) is 23.1 Å². The Morgan fingerprint density at radius 3 is 2.51 bits per heavy atom. The molecule has 1 fully saturated rings. The van der Waals surface area contributed by atoms with E-state index in [4.69, 9.17) is 29.2 Å². The summed E-state index contributed by atoms with van der Waals surface area (Å²) in [7, 11) is 0. The van der Waals surface area contributed by atoms with Crippen molar-refractivity contribution in [1.82, 2.24) is 4.98 Å². The van der Waals surface area contributed by atoms with E-state index in [2.05, 4.69) is 18.2 Å². The molecule has 1 saturated carbocycles. The number of aryl methyl sites for hydroxylation is 1. The number of carboxylic acid groups (broad SMARTS) is 1. The van der Waals surface area contributed by atoms with Gasteiger partial charge in [-0.1, -0.05) is 78.3 Å². The van der Waals surface area contributed by atoms with Gasteiger partial charge in [0.1, 0.15) is 0 Å². The molecule has 41 heavy (non-hydrogen) atoms. The number of hydrogen-bond donors (Lipinski definition) is 3. The van der Waals surface area contributed by atoms with Crippen molar-refractivity contribution < 1.29 is 15.0 Å². The maximum absolute atomic E-state index is 11.9. The number of aliphatic hydroxyl groups is 1. The van der Waals surface area contributed by atoms with E-state index >= 15 is 0 Å². The molecular formula is C35H36ClNO3S. The summed E-state index contributed by atoms with van der Waals surface area (Å²) < 4.78 is -0.600. The predicted octanol–water partition coefficient (Wildman–Crippen LogP) is 8.69. The lowest BCUT2D eigenvalue weighted by Gasteiger charge is -2.38. The Kier molecular flexibility index (Phi) is 8.34. The molecule has 0 amide bonds. The third-order valence-electron chi connectivity index (χ3n) is 8.37. The van der Waals surface area contributed by atoms with E-state index < -0.39 is 16.3 Å². The molecule has 1 heterocycles. The minimum absolute atomic E-state index is 0.0976. The maximum atomic E-state index is 11.9. The van der Waals surface area contributed by atoms with Crippen LogP contribution >= 0.6 is 24.2 Å². The monoisotopic (exact) mass is 585 g/mol. The molecule has 5 rings (SSSR count). The molecule has 6 heteroatoms. The van der Waals surface area contributed by atoms with Gasteiger partial charge in [0.25, 0.3) is 0 Å². The second kappa shape index (κ2) is 11.6. The second-order valence-corrected chi connectivity index (χ2v) is 13.0. The molecule has 0 bridgehead atoms. The van der Waals surface area contributed by atoms with Gasteiger partial charge in [0.15, 0.2) is 0 Å². The van der Waals surface area contributed by atoms with Crippen LogP contribution < -0.4 is 0 Å². The van der Waals surface area contributed by atoms with Crippen LogP contribution in [0.4, 0.5) is 0 Å². The van der Waals surface area contributed by atoms with Crippen LogP contribution in [-0.2, 0) is 21.6 Å². The Hall–Kier alpha value is -3.12. The molecule has 1 atom stereocenters. The molecule has 1 aromatic heterocycles. The molecule has 3 aromatic carbocycles. The summed E-state index contributed by atoms with van der Waals surface area (Å²) in [5, 5.41) is 22.2. The number of thiol groups is 1. The van der Waals surface area contributed by atoms with Gasteiger partial charge in [-0.2, -0.15) is 12.6 Å². The van der Waals surface area contributed by atoms with Gasteiger partial charge >= 0.3 is 5.97 Å². The van der Waals surface area contributed by atoms with Gasteiger partial charge in [-0.05, 0) is 97.9 Å². The van der Waals surface area contributed by atoms with Gasteiger partial charge in [0.05, 0.1) is 23.2 Å². The van der Waals surface area contributed by atoms with Crippen LogP contribution in [0.1, 0.15) is 73.9 Å². The van der Waals surface area contributed by atoms with E-state index in [0.717, 1.165) is 71.0 Å². The number of pyridine rings is 1. The Morgan fingerprint density at radius 2 is 1.78 bits per heavy atom. The van der Waals surface area contributed by atoms with Crippen LogP contribution in [0.2, 0.25) is 5.02 Å². The van der Waals surface area contributed by atoms with Crippen molar-refractivity contribution in [2.45, 2.75) is 62.7 Å². The molecule has 4 aromatic rings. The third kappa shape index (κ3) is 6.53. The van der Waals surface area contributed by atoms with Crippen molar-refractivity contribution in [1.29, 1.82) is 0 Å². The van der Waals surface area contributed by atoms with Crippen molar-refractivity contribution in [2.75, 3.05) is 0 Å². The first-order chi connectivity index (χ1) is 19.5. The number of aliphatic carboxylic acids is 1. The number of benzene rings is 3. The molecule has 0 radical (unpaired) electrons. The van der Waals surface area contributed by atoms with Gasteiger partial charge < -0.3 is 10.2 Å². The summed E-state index contributed by atoms with van der Waals surface area (Å²) >= 11 is 11.5. The number of carbonyl (C=O) groups is 1. The van der Waals surface area contributed by atoms with E-state index in [1.165, 1.54) is 0 Å². The lowest BCUT2D eigenvalue weighted by molar-refractivity contribution is -0.138. The minimum atomic E-state index is -0.928. The van der Waals surface area contributed by atoms with E-state index in [9.17, 15) is 15.0 Å². The molecule has 0 saturated heterocycles. The highest BCUT2D eigenvalue weighted by molar-refractivity contribution is 7.81. The average molecular weight is 586 g/mol. The highest BCUT2D eigenvalue weighted by Gasteiger charge is 2.58. The fourth-order valence-corrected chi connectivity index (χ4v) is 6.81. The lowest BCUT2D eigenvalue weighted by Crippen LogP contribution is -2.33. The Labute approximate surface area is 252 Å². The maximum Gasteiger partial charge on any atom is 0.303 e. The number of fused-ring (bicyclic) bond motifs is 1. The standard InChI is InChI=1S/C35H36ClNO3S/c1-33(2,40)30-11-4-3-8-25(30)9-6-18-35(41,34(19-20-34)23-32(38)39)27-10-5-7-24(21-27)12-16-29-17-14-26-13-15-28(36)22-31(26)37-29/h3-5,7-8,10-17,21-22,40-41H,6,9,18-20,23H2,1-2H3,(H,38,39)/b16-12+/t35-/m0/s1. The van der Waals surface area contributed by atoms with Crippen molar-refractivity contribution in [3.63, 3.8) is 0 Å². The molecule has 0 spiro atoms. The second-order valence-electron chi connectivity index (χ2n) is 11.8. The summed E-state index contributed by atoms with van der Waals surface area (Å²) in [6, 6.07) is 26.0. The fraction of sp³-hybridized carbons (Fsp3) is 0.314. The minimum Gasteiger partial charge on any atom is -0.481 e. The molecule has 0 unspecified atom stereocenters. The molecule has 212 valence electrons. The van der Waals surface area contributed by atoms with Gasteiger partial charge in [-0.3, -0.25) is 4.79 Å². The number of carboxylic acids is 1. The number of halogens is 1. The number of hydrogen-bond acceptors (Lipinski definition) is 4. The first kappa shape index (κ1) is 29.4. The fourth-order valence-electron chi connectivity index (χ4n) is 6.04. The molecule has 4 nitrogen and oxygen atoms in total. The predicted molar refractivity (Wildman–Crippen MR) is 171 cm³/mol. The van der Waals surface area contributed by atoms with Crippen molar-refractivity contribution >= 4 is 53.3 Å². The highest BCUT2D eigenvalue weighted by Crippen LogP contribution is 2.65. The molecule has 0 aliphatic heterocycles. The third-order valence-corrected chi connectivity index (χ3v) is 9.56. The lowest BCUT2D eigenvalue weighted by atomic mass is 9.76. The Morgan fingerprint density at radius 1 is 1.02 bits per heavy atom. The van der Waals surface area contributed by atoms with Crippen LogP contribution in [0.5, 0.6) is 0 Å². The normalized spacial score (nSPS) is 16.1. The zero-order valence-corrected chi connectivity index (χ0v) is 25.1. The van der Waals surface area contributed by atoms with Crippen molar-refractivity contribution in [3.8, 4) is 0 Å². The summed E-state index contributed by atoms with van der Waals surface area (Å²) in [6.07, 6.45) is 8.12. The van der Waals surface area contributed by atoms with E-state index in [1.807, 2.05) is 86.7 Å². The summed E-state index contributed by atoms with van der Waals surface area (Å²) in [5.74, 6) is -0.785. The summed E-state index contributed by atoms with van der Waals surface area (Å²) in [6.45, 7) is 3.62. The van der Waals surface area contributed by atoms with Gasteiger partial charge in [-0.25, -0.2) is 4.98 Å². The zero-order chi connectivity index (χ0) is 29.3. The SMILES string of the molecule is CC(C)(O)c1ccccc1CCC[C@](S)(c1cccc(/C=C/c2ccc3ccc(Cl)cc3n2)c1)C1(CC(=O)O)CC1. The van der Waals surface area contributed by atoms with Crippen LogP contribution in [-0.4, -0.2) is 21.2 Å². The van der Waals surface area contributed by atoms with E-state index in [1.54, 1.807) is 0 Å². The zero-order valence-electron chi connectivity index (χ0n) is 23.5. The van der Waals surface area contributed by atoms with Gasteiger partial charge in [0, 0.05) is 15.2 Å². The summed E-state index contributed by atoms with van der Waals surface area (Å²) in [4.78, 5) is 16.7. The number of nitrogens with zero attached hydrogens (tertiary/aromatic N) is 1. The number of aromatic nitrogens is 1.